The second-order valence-corrected chi connectivity index (χ2v) is 6.77. The van der Waals surface area contributed by atoms with Crippen molar-refractivity contribution < 1.29 is 18.4 Å². The molecular weight excluding hydrogens is 337 g/mol. The summed E-state index contributed by atoms with van der Waals surface area (Å²) < 4.78 is 24.5. The molecule has 1 aliphatic heterocycles. The Balaban J connectivity index is 1.52. The van der Waals surface area contributed by atoms with Gasteiger partial charge in [0.15, 0.2) is 5.76 Å². The maximum Gasteiger partial charge on any atom is 0.409 e. The van der Waals surface area contributed by atoms with Crippen LogP contribution in [-0.4, -0.2) is 53.4 Å². The number of hydrogen-bond donors (Lipinski definition) is 0. The number of carbonyl (C=O) groups excluding carboxylic acids is 1. The highest BCUT2D eigenvalue weighted by molar-refractivity contribution is 5.67. The van der Waals surface area contributed by atoms with Crippen LogP contribution in [0.1, 0.15) is 23.4 Å². The summed E-state index contributed by atoms with van der Waals surface area (Å²) in [4.78, 5) is 15.7. The summed E-state index contributed by atoms with van der Waals surface area (Å²) in [5.41, 5.74) is 1.73. The SMILES string of the molecule is Cc1cc(CN2C[C@@H](F)C[C@H]2CN(C)C(=O)OCc2ccccc2)on1. The van der Waals surface area contributed by atoms with Crippen molar-refractivity contribution >= 4 is 6.09 Å². The van der Waals surface area contributed by atoms with E-state index in [-0.39, 0.29) is 12.6 Å². The smallest absolute Gasteiger partial charge is 0.409 e. The van der Waals surface area contributed by atoms with Crippen LogP contribution in [0.15, 0.2) is 40.9 Å². The van der Waals surface area contributed by atoms with Crippen molar-refractivity contribution in [2.24, 2.45) is 0 Å². The maximum atomic E-state index is 13.9. The van der Waals surface area contributed by atoms with E-state index < -0.39 is 12.3 Å². The Bertz CT molecular complexity index is 722. The zero-order valence-corrected chi connectivity index (χ0v) is 15.1. The van der Waals surface area contributed by atoms with E-state index in [0.717, 1.165) is 11.3 Å². The normalized spacial score (nSPS) is 20.3. The van der Waals surface area contributed by atoms with Gasteiger partial charge in [0.05, 0.1) is 12.2 Å². The highest BCUT2D eigenvalue weighted by atomic mass is 19.1. The summed E-state index contributed by atoms with van der Waals surface area (Å²) in [7, 11) is 1.68. The largest absolute Gasteiger partial charge is 0.445 e. The molecule has 6 nitrogen and oxygen atoms in total. The number of likely N-dealkylation sites (N-methyl/N-ethyl adjacent to an activating group) is 1. The number of rotatable bonds is 6. The molecule has 0 spiro atoms. The van der Waals surface area contributed by atoms with E-state index in [2.05, 4.69) is 5.16 Å². The van der Waals surface area contributed by atoms with Gasteiger partial charge >= 0.3 is 6.09 Å². The topological polar surface area (TPSA) is 58.8 Å². The second kappa shape index (κ2) is 8.31. The van der Waals surface area contributed by atoms with E-state index >= 15 is 0 Å². The molecule has 2 aromatic rings. The Hall–Kier alpha value is -2.41. The molecule has 0 saturated carbocycles. The van der Waals surface area contributed by atoms with Gasteiger partial charge in [-0.15, -0.1) is 0 Å². The summed E-state index contributed by atoms with van der Waals surface area (Å²) in [6, 6.07) is 11.3. The Kier molecular flexibility index (Phi) is 5.88. The first kappa shape index (κ1) is 18.4. The molecule has 1 amide bonds. The summed E-state index contributed by atoms with van der Waals surface area (Å²) in [6.07, 6.45) is -0.923. The summed E-state index contributed by atoms with van der Waals surface area (Å²) >= 11 is 0. The van der Waals surface area contributed by atoms with Gasteiger partial charge in [0.25, 0.3) is 0 Å². The van der Waals surface area contributed by atoms with Crippen LogP contribution in [-0.2, 0) is 17.9 Å². The summed E-state index contributed by atoms with van der Waals surface area (Å²) in [6.45, 7) is 3.29. The number of likely N-dealkylation sites (tertiary alicyclic amines) is 1. The van der Waals surface area contributed by atoms with Crippen molar-refractivity contribution in [2.75, 3.05) is 20.1 Å². The Labute approximate surface area is 152 Å². The van der Waals surface area contributed by atoms with Gasteiger partial charge in [0, 0.05) is 32.2 Å². The fraction of sp³-hybridized carbons (Fsp3) is 0.474. The van der Waals surface area contributed by atoms with Crippen LogP contribution in [0.25, 0.3) is 0 Å². The number of ether oxygens (including phenoxy) is 1. The first-order chi connectivity index (χ1) is 12.5. The van der Waals surface area contributed by atoms with Gasteiger partial charge in [0.2, 0.25) is 0 Å². The molecule has 1 fully saturated rings. The quantitative estimate of drug-likeness (QED) is 0.791. The van der Waals surface area contributed by atoms with E-state index in [9.17, 15) is 9.18 Å². The Morgan fingerprint density at radius 3 is 2.88 bits per heavy atom. The lowest BCUT2D eigenvalue weighted by molar-refractivity contribution is 0.0925. The second-order valence-electron chi connectivity index (χ2n) is 6.77. The predicted molar refractivity (Wildman–Crippen MR) is 94.2 cm³/mol. The van der Waals surface area contributed by atoms with Crippen LogP contribution >= 0.6 is 0 Å². The molecule has 2 atom stereocenters. The third-order valence-corrected chi connectivity index (χ3v) is 4.51. The van der Waals surface area contributed by atoms with Crippen LogP contribution in [0.5, 0.6) is 0 Å². The highest BCUT2D eigenvalue weighted by Gasteiger charge is 2.34. The van der Waals surface area contributed by atoms with Crippen molar-refractivity contribution in [1.29, 1.82) is 0 Å². The maximum absolute atomic E-state index is 13.9. The average Bonchev–Trinajstić information content (AvgIpc) is 3.19. The van der Waals surface area contributed by atoms with Crippen molar-refractivity contribution in [3.8, 4) is 0 Å². The number of nitrogens with zero attached hydrogens (tertiary/aromatic N) is 3. The first-order valence-electron chi connectivity index (χ1n) is 8.73. The van der Waals surface area contributed by atoms with E-state index in [4.69, 9.17) is 9.26 Å². The molecule has 3 rings (SSSR count). The minimum atomic E-state index is -0.905. The van der Waals surface area contributed by atoms with Crippen molar-refractivity contribution in [1.82, 2.24) is 15.0 Å². The number of aromatic nitrogens is 1. The standard InChI is InChI=1S/C19H24FN3O3/c1-14-8-18(26-21-14)12-23-10-16(20)9-17(23)11-22(2)19(24)25-13-15-6-4-3-5-7-15/h3-8,16-17H,9-13H2,1-2H3/t16-,17-/m0/s1. The lowest BCUT2D eigenvalue weighted by Gasteiger charge is -2.27. The Morgan fingerprint density at radius 2 is 2.19 bits per heavy atom. The number of carbonyl (C=O) groups is 1. The third-order valence-electron chi connectivity index (χ3n) is 4.51. The van der Waals surface area contributed by atoms with Gasteiger partial charge in [-0.25, -0.2) is 9.18 Å². The number of alkyl halides is 1. The van der Waals surface area contributed by atoms with Gasteiger partial charge in [-0.05, 0) is 18.9 Å². The molecule has 1 aromatic heterocycles. The number of halogens is 1. The molecule has 2 heterocycles. The van der Waals surface area contributed by atoms with Gasteiger partial charge in [-0.1, -0.05) is 35.5 Å². The molecule has 140 valence electrons. The van der Waals surface area contributed by atoms with Crippen LogP contribution in [0, 0.1) is 6.92 Å². The fourth-order valence-corrected chi connectivity index (χ4v) is 3.22. The van der Waals surface area contributed by atoms with Crippen molar-refractivity contribution in [3.63, 3.8) is 0 Å². The number of hydrogen-bond acceptors (Lipinski definition) is 5. The van der Waals surface area contributed by atoms with Crippen molar-refractivity contribution in [3.05, 3.63) is 53.4 Å². The third kappa shape index (κ3) is 4.82. The lowest BCUT2D eigenvalue weighted by Crippen LogP contribution is -2.41. The van der Waals surface area contributed by atoms with Gasteiger partial charge < -0.3 is 14.2 Å². The van der Waals surface area contributed by atoms with Crippen LogP contribution in [0.4, 0.5) is 9.18 Å². The molecule has 0 unspecified atom stereocenters. The fourth-order valence-electron chi connectivity index (χ4n) is 3.22. The zero-order chi connectivity index (χ0) is 18.5. The molecule has 7 heteroatoms. The molecule has 0 N–H and O–H groups in total. The first-order valence-corrected chi connectivity index (χ1v) is 8.73. The Morgan fingerprint density at radius 1 is 1.42 bits per heavy atom. The molecule has 0 aliphatic carbocycles. The van der Waals surface area contributed by atoms with E-state index in [0.29, 0.717) is 31.8 Å². The minimum Gasteiger partial charge on any atom is -0.445 e. The van der Waals surface area contributed by atoms with Gasteiger partial charge in [-0.3, -0.25) is 4.90 Å². The summed E-state index contributed by atoms with van der Waals surface area (Å²) in [5.74, 6) is 0.705. The molecule has 0 radical (unpaired) electrons. The van der Waals surface area contributed by atoms with E-state index in [1.54, 1.807) is 7.05 Å². The van der Waals surface area contributed by atoms with E-state index in [1.165, 1.54) is 4.90 Å². The highest BCUT2D eigenvalue weighted by Crippen LogP contribution is 2.23. The van der Waals surface area contributed by atoms with Crippen LogP contribution < -0.4 is 0 Å². The predicted octanol–water partition coefficient (Wildman–Crippen LogP) is 3.16. The molecule has 1 aromatic carbocycles. The summed E-state index contributed by atoms with van der Waals surface area (Å²) in [5, 5.41) is 3.87. The number of amides is 1. The van der Waals surface area contributed by atoms with Crippen LogP contribution in [0.2, 0.25) is 0 Å². The molecule has 1 aliphatic rings. The molecule has 26 heavy (non-hydrogen) atoms. The zero-order valence-electron chi connectivity index (χ0n) is 15.1. The lowest BCUT2D eigenvalue weighted by atomic mass is 10.2. The van der Waals surface area contributed by atoms with E-state index in [1.807, 2.05) is 48.2 Å². The van der Waals surface area contributed by atoms with Crippen molar-refractivity contribution in [2.45, 2.75) is 38.7 Å². The number of benzene rings is 1. The van der Waals surface area contributed by atoms with Crippen LogP contribution in [0.3, 0.4) is 0 Å². The molecule has 0 bridgehead atoms. The van der Waals surface area contributed by atoms with Gasteiger partial charge in [-0.2, -0.15) is 0 Å². The monoisotopic (exact) mass is 361 g/mol. The molecule has 1 saturated heterocycles. The molecular formula is C19H24FN3O3. The number of aryl methyl sites for hydroxylation is 1. The van der Waals surface area contributed by atoms with Gasteiger partial charge in [0.1, 0.15) is 12.8 Å². The average molecular weight is 361 g/mol. The minimum absolute atomic E-state index is 0.0790.